The second-order valence-corrected chi connectivity index (χ2v) is 7.33. The number of ketones is 2. The van der Waals surface area contributed by atoms with Crippen molar-refractivity contribution in [2.45, 2.75) is 0 Å². The molecule has 1 saturated heterocycles. The van der Waals surface area contributed by atoms with E-state index in [9.17, 15) is 9.59 Å². The highest BCUT2D eigenvalue weighted by molar-refractivity contribution is 6.01. The molecule has 4 rings (SSSR count). The number of carbonyl (C=O) groups is 2. The highest BCUT2D eigenvalue weighted by atomic mass is 35.5. The van der Waals surface area contributed by atoms with Gasteiger partial charge in [0.2, 0.25) is 0 Å². The number of hydrogen-bond acceptors (Lipinski definition) is 4. The fourth-order valence-corrected chi connectivity index (χ4v) is 3.68. The number of carbonyl (C=O) groups excluding carboxylic acids is 2. The van der Waals surface area contributed by atoms with Crippen LogP contribution >= 0.6 is 12.4 Å². The van der Waals surface area contributed by atoms with Crippen molar-refractivity contribution in [1.29, 1.82) is 0 Å². The molecule has 0 spiro atoms. The molecule has 0 N–H and O–H groups in total. The fraction of sp³-hybridized carbons (Fsp3) is 0.250. The van der Waals surface area contributed by atoms with Crippen molar-refractivity contribution >= 4 is 34.7 Å². The number of fused-ring (bicyclic) bond motifs is 1. The lowest BCUT2D eigenvalue weighted by atomic mass is 10.0. The number of benzene rings is 3. The highest BCUT2D eigenvalue weighted by Crippen LogP contribution is 2.16. The van der Waals surface area contributed by atoms with E-state index in [0.717, 1.165) is 48.1 Å². The Kier molecular flexibility index (Phi) is 7.15. The van der Waals surface area contributed by atoms with Crippen molar-refractivity contribution < 1.29 is 9.59 Å². The molecular formula is C24H25ClN2O2. The van der Waals surface area contributed by atoms with Gasteiger partial charge in [-0.15, -0.1) is 12.4 Å². The molecule has 4 nitrogen and oxygen atoms in total. The van der Waals surface area contributed by atoms with Gasteiger partial charge in [0.05, 0.1) is 13.1 Å². The minimum Gasteiger partial charge on any atom is -0.293 e. The van der Waals surface area contributed by atoms with E-state index in [1.807, 2.05) is 66.7 Å². The zero-order chi connectivity index (χ0) is 19.3. The van der Waals surface area contributed by atoms with Crippen LogP contribution in [0.3, 0.4) is 0 Å². The van der Waals surface area contributed by atoms with Gasteiger partial charge < -0.3 is 0 Å². The Labute approximate surface area is 177 Å². The summed E-state index contributed by atoms with van der Waals surface area (Å²) in [5, 5.41) is 2.24. The van der Waals surface area contributed by atoms with Crippen molar-refractivity contribution in [3.8, 4) is 0 Å². The van der Waals surface area contributed by atoms with Crippen molar-refractivity contribution in [1.82, 2.24) is 9.80 Å². The number of nitrogens with zero attached hydrogens (tertiary/aromatic N) is 2. The first-order chi connectivity index (χ1) is 13.7. The van der Waals surface area contributed by atoms with E-state index in [0.29, 0.717) is 13.1 Å². The van der Waals surface area contributed by atoms with E-state index in [2.05, 4.69) is 15.9 Å². The molecular weight excluding hydrogens is 384 g/mol. The average Bonchev–Trinajstić information content (AvgIpc) is 2.75. The maximum atomic E-state index is 12.7. The van der Waals surface area contributed by atoms with Crippen LogP contribution in [0, 0.1) is 0 Å². The highest BCUT2D eigenvalue weighted by Gasteiger charge is 2.21. The van der Waals surface area contributed by atoms with Crippen LogP contribution in [0.4, 0.5) is 0 Å². The van der Waals surface area contributed by atoms with E-state index < -0.39 is 0 Å². The second kappa shape index (κ2) is 9.79. The normalized spacial score (nSPS) is 15.0. The van der Waals surface area contributed by atoms with Crippen LogP contribution < -0.4 is 0 Å². The van der Waals surface area contributed by atoms with E-state index >= 15 is 0 Å². The molecule has 0 aliphatic carbocycles. The molecule has 1 heterocycles. The predicted octanol–water partition coefficient (Wildman–Crippen LogP) is 3.94. The molecule has 0 amide bonds. The molecule has 0 saturated carbocycles. The summed E-state index contributed by atoms with van der Waals surface area (Å²) >= 11 is 0. The van der Waals surface area contributed by atoms with Gasteiger partial charge in [-0.25, -0.2) is 0 Å². The summed E-state index contributed by atoms with van der Waals surface area (Å²) in [4.78, 5) is 29.4. The molecule has 29 heavy (non-hydrogen) atoms. The first-order valence-electron chi connectivity index (χ1n) is 9.74. The average molecular weight is 409 g/mol. The largest absolute Gasteiger partial charge is 0.293 e. The minimum atomic E-state index is 0. The quantitative estimate of drug-likeness (QED) is 0.579. The molecule has 0 unspecified atom stereocenters. The molecule has 1 fully saturated rings. The predicted molar refractivity (Wildman–Crippen MR) is 119 cm³/mol. The lowest BCUT2D eigenvalue weighted by Crippen LogP contribution is -2.49. The summed E-state index contributed by atoms with van der Waals surface area (Å²) in [5.41, 5.74) is 1.52. The van der Waals surface area contributed by atoms with Crippen LogP contribution in [0.15, 0.2) is 72.8 Å². The van der Waals surface area contributed by atoms with Crippen LogP contribution in [-0.2, 0) is 0 Å². The van der Waals surface area contributed by atoms with Gasteiger partial charge in [0.15, 0.2) is 11.6 Å². The van der Waals surface area contributed by atoms with Crippen LogP contribution in [-0.4, -0.2) is 60.6 Å². The third-order valence-electron chi connectivity index (χ3n) is 5.37. The monoisotopic (exact) mass is 408 g/mol. The Morgan fingerprint density at radius 3 is 1.76 bits per heavy atom. The molecule has 3 aromatic carbocycles. The molecule has 0 atom stereocenters. The Hall–Kier alpha value is -2.53. The van der Waals surface area contributed by atoms with Crippen molar-refractivity contribution in [2.75, 3.05) is 39.3 Å². The lowest BCUT2D eigenvalue weighted by molar-refractivity contribution is 0.0783. The van der Waals surface area contributed by atoms with E-state index in [-0.39, 0.29) is 24.0 Å². The fourth-order valence-electron chi connectivity index (χ4n) is 3.68. The standard InChI is InChI=1S/C24H24N2O2.ClH/c27-23(20-7-2-1-3-8-20)17-25-12-14-26(15-13-25)18-24(28)22-11-10-19-6-4-5-9-21(19)16-22;/h1-11,16H,12-15,17-18H2;1H. The maximum absolute atomic E-state index is 12.7. The summed E-state index contributed by atoms with van der Waals surface area (Å²) in [7, 11) is 0. The van der Waals surface area contributed by atoms with Gasteiger partial charge in [-0.05, 0) is 16.8 Å². The molecule has 150 valence electrons. The van der Waals surface area contributed by atoms with Crippen LogP contribution in [0.1, 0.15) is 20.7 Å². The molecule has 1 aliphatic heterocycles. The number of Topliss-reactive ketones (excluding diaryl/α,β-unsaturated/α-hetero) is 2. The van der Waals surface area contributed by atoms with E-state index in [4.69, 9.17) is 0 Å². The Morgan fingerprint density at radius 2 is 1.14 bits per heavy atom. The summed E-state index contributed by atoms with van der Waals surface area (Å²) in [6, 6.07) is 23.4. The van der Waals surface area contributed by atoms with Gasteiger partial charge in [0, 0.05) is 37.3 Å². The smallest absolute Gasteiger partial charge is 0.176 e. The Morgan fingerprint density at radius 1 is 0.621 bits per heavy atom. The molecule has 1 aliphatic rings. The van der Waals surface area contributed by atoms with Gasteiger partial charge in [0.1, 0.15) is 0 Å². The molecule has 0 aromatic heterocycles. The maximum Gasteiger partial charge on any atom is 0.176 e. The molecule has 3 aromatic rings. The third-order valence-corrected chi connectivity index (χ3v) is 5.37. The minimum absolute atomic E-state index is 0. The SMILES string of the molecule is Cl.O=C(CN1CCN(CC(=O)c2ccc3ccccc3c2)CC1)c1ccccc1. The first kappa shape index (κ1) is 21.2. The van der Waals surface area contributed by atoms with Crippen LogP contribution in [0.5, 0.6) is 0 Å². The summed E-state index contributed by atoms with van der Waals surface area (Å²) in [6.45, 7) is 4.10. The molecule has 0 bridgehead atoms. The van der Waals surface area contributed by atoms with Gasteiger partial charge in [0.25, 0.3) is 0 Å². The topological polar surface area (TPSA) is 40.6 Å². The Balaban J connectivity index is 0.00000240. The third kappa shape index (κ3) is 5.30. The van der Waals surface area contributed by atoms with Crippen molar-refractivity contribution in [3.63, 3.8) is 0 Å². The van der Waals surface area contributed by atoms with E-state index in [1.165, 1.54) is 0 Å². The van der Waals surface area contributed by atoms with Crippen LogP contribution in [0.25, 0.3) is 10.8 Å². The summed E-state index contributed by atoms with van der Waals surface area (Å²) in [5.74, 6) is 0.306. The number of hydrogen-bond donors (Lipinski definition) is 0. The number of rotatable bonds is 6. The number of halogens is 1. The number of piperazine rings is 1. The van der Waals surface area contributed by atoms with Gasteiger partial charge in [-0.3, -0.25) is 19.4 Å². The molecule has 0 radical (unpaired) electrons. The Bertz CT molecular complexity index is 982. The second-order valence-electron chi connectivity index (χ2n) is 7.33. The van der Waals surface area contributed by atoms with Crippen molar-refractivity contribution in [2.24, 2.45) is 0 Å². The zero-order valence-corrected chi connectivity index (χ0v) is 17.1. The van der Waals surface area contributed by atoms with E-state index in [1.54, 1.807) is 0 Å². The lowest BCUT2D eigenvalue weighted by Gasteiger charge is -2.33. The zero-order valence-electron chi connectivity index (χ0n) is 16.3. The van der Waals surface area contributed by atoms with Gasteiger partial charge >= 0.3 is 0 Å². The van der Waals surface area contributed by atoms with Gasteiger partial charge in [-0.1, -0.05) is 66.7 Å². The summed E-state index contributed by atoms with van der Waals surface area (Å²) in [6.07, 6.45) is 0. The summed E-state index contributed by atoms with van der Waals surface area (Å²) < 4.78 is 0. The first-order valence-corrected chi connectivity index (χ1v) is 9.74. The van der Waals surface area contributed by atoms with Crippen LogP contribution in [0.2, 0.25) is 0 Å². The van der Waals surface area contributed by atoms with Crippen molar-refractivity contribution in [3.05, 3.63) is 83.9 Å². The molecule has 5 heteroatoms. The van der Waals surface area contributed by atoms with Gasteiger partial charge in [-0.2, -0.15) is 0 Å².